The van der Waals surface area contributed by atoms with Gasteiger partial charge in [-0.25, -0.2) is 0 Å². The maximum absolute atomic E-state index is 12.3. The van der Waals surface area contributed by atoms with Crippen molar-refractivity contribution in [1.29, 1.82) is 0 Å². The molecular weight excluding hydrogens is 280 g/mol. The second-order valence-corrected chi connectivity index (χ2v) is 5.10. The van der Waals surface area contributed by atoms with Gasteiger partial charge >= 0.3 is 0 Å². The molecule has 20 heavy (non-hydrogen) atoms. The minimum atomic E-state index is -0.584. The van der Waals surface area contributed by atoms with Gasteiger partial charge in [-0.2, -0.15) is 0 Å². The molecule has 0 radical (unpaired) electrons. The number of imide groups is 1. The lowest BCUT2D eigenvalue weighted by Gasteiger charge is -2.33. The van der Waals surface area contributed by atoms with Crippen molar-refractivity contribution in [3.63, 3.8) is 0 Å². The molecule has 1 aliphatic heterocycles. The molecule has 1 atom stereocenters. The zero-order valence-corrected chi connectivity index (χ0v) is 11.8. The van der Waals surface area contributed by atoms with E-state index < -0.39 is 17.9 Å². The summed E-state index contributed by atoms with van der Waals surface area (Å²) < 4.78 is 0. The van der Waals surface area contributed by atoms with Crippen LogP contribution < -0.4 is 5.32 Å². The molecule has 0 bridgehead atoms. The van der Waals surface area contributed by atoms with Crippen LogP contribution in [0.15, 0.2) is 24.3 Å². The fourth-order valence-electron chi connectivity index (χ4n) is 2.26. The topological polar surface area (TPSA) is 66.5 Å². The van der Waals surface area contributed by atoms with Crippen LogP contribution in [0.2, 0.25) is 5.02 Å². The molecule has 1 aromatic rings. The summed E-state index contributed by atoms with van der Waals surface area (Å²) in [6, 6.07) is 6.39. The maximum Gasteiger partial charge on any atom is 0.249 e. The molecule has 6 heteroatoms. The summed E-state index contributed by atoms with van der Waals surface area (Å²) in [5.74, 6) is -1.11. The van der Waals surface area contributed by atoms with Crippen LogP contribution in [0.1, 0.15) is 18.9 Å². The molecule has 1 fully saturated rings. The van der Waals surface area contributed by atoms with Crippen molar-refractivity contribution >= 4 is 29.3 Å². The van der Waals surface area contributed by atoms with Crippen LogP contribution in [0.3, 0.4) is 0 Å². The first-order valence-corrected chi connectivity index (χ1v) is 6.76. The molecule has 1 N–H and O–H groups in total. The molecule has 106 valence electrons. The second-order valence-electron chi connectivity index (χ2n) is 4.66. The number of amides is 3. The fraction of sp³-hybridized carbons (Fsp3) is 0.357. The fourth-order valence-corrected chi connectivity index (χ4v) is 2.47. The van der Waals surface area contributed by atoms with Crippen molar-refractivity contribution in [2.75, 3.05) is 6.54 Å². The van der Waals surface area contributed by atoms with Crippen molar-refractivity contribution < 1.29 is 14.4 Å². The van der Waals surface area contributed by atoms with Crippen molar-refractivity contribution in [3.8, 4) is 0 Å². The number of rotatable bonds is 3. The number of nitrogens with zero attached hydrogens (tertiary/aromatic N) is 1. The molecule has 0 spiro atoms. The molecular formula is C14H15ClN2O3. The summed E-state index contributed by atoms with van der Waals surface area (Å²) in [5, 5.41) is 2.80. The van der Waals surface area contributed by atoms with Gasteiger partial charge in [-0.3, -0.25) is 19.7 Å². The zero-order chi connectivity index (χ0) is 14.7. The van der Waals surface area contributed by atoms with Gasteiger partial charge in [-0.15, -0.1) is 0 Å². The predicted molar refractivity (Wildman–Crippen MR) is 74.1 cm³/mol. The number of hydrogen-bond acceptors (Lipinski definition) is 3. The molecule has 1 aromatic carbocycles. The van der Waals surface area contributed by atoms with E-state index in [1.54, 1.807) is 31.2 Å². The quantitative estimate of drug-likeness (QED) is 0.850. The van der Waals surface area contributed by atoms with Gasteiger partial charge in [0.25, 0.3) is 0 Å². The molecule has 3 amide bonds. The molecule has 5 nitrogen and oxygen atoms in total. The van der Waals surface area contributed by atoms with Crippen molar-refractivity contribution in [3.05, 3.63) is 34.9 Å². The number of hydrogen-bond donors (Lipinski definition) is 1. The van der Waals surface area contributed by atoms with Crippen molar-refractivity contribution in [1.82, 2.24) is 10.2 Å². The van der Waals surface area contributed by atoms with Gasteiger partial charge in [0.2, 0.25) is 17.7 Å². The normalized spacial score (nSPS) is 18.9. The van der Waals surface area contributed by atoms with Crippen LogP contribution in [0, 0.1) is 0 Å². The highest BCUT2D eigenvalue weighted by atomic mass is 35.5. The molecule has 1 unspecified atom stereocenters. The van der Waals surface area contributed by atoms with Gasteiger partial charge in [0, 0.05) is 5.02 Å². The summed E-state index contributed by atoms with van der Waals surface area (Å²) >= 11 is 5.87. The van der Waals surface area contributed by atoms with E-state index in [9.17, 15) is 14.4 Å². The predicted octanol–water partition coefficient (Wildman–Crippen LogP) is 1.15. The van der Waals surface area contributed by atoms with E-state index in [0.29, 0.717) is 11.4 Å². The molecule has 0 aromatic heterocycles. The lowest BCUT2D eigenvalue weighted by atomic mass is 10.1. The lowest BCUT2D eigenvalue weighted by Crippen LogP contribution is -2.59. The maximum atomic E-state index is 12.3. The number of nitrogens with one attached hydrogen (secondary N) is 1. The summed E-state index contributed by atoms with van der Waals surface area (Å²) in [6.45, 7) is 1.73. The highest BCUT2D eigenvalue weighted by Crippen LogP contribution is 2.15. The molecule has 1 saturated heterocycles. The highest BCUT2D eigenvalue weighted by molar-refractivity contribution is 6.30. The van der Waals surface area contributed by atoms with Crippen LogP contribution in [0.25, 0.3) is 0 Å². The minimum Gasteiger partial charge on any atom is -0.321 e. The first kappa shape index (κ1) is 14.5. The molecule has 0 aliphatic carbocycles. The van der Waals surface area contributed by atoms with Crippen LogP contribution >= 0.6 is 11.6 Å². The standard InChI is InChI=1S/C14H15ClN2O3/c1-2-11-14(20)16-12(18)8-17(11)13(19)7-9-4-3-5-10(15)6-9/h3-6,11H,2,7-8H2,1H3,(H,16,18,20). The smallest absolute Gasteiger partial charge is 0.249 e. The van der Waals surface area contributed by atoms with Crippen molar-refractivity contribution in [2.45, 2.75) is 25.8 Å². The molecule has 0 saturated carbocycles. The first-order chi connectivity index (χ1) is 9.51. The average molecular weight is 295 g/mol. The Labute approximate surface area is 121 Å². The van der Waals surface area contributed by atoms with E-state index in [4.69, 9.17) is 11.6 Å². The van der Waals surface area contributed by atoms with E-state index in [1.807, 2.05) is 0 Å². The van der Waals surface area contributed by atoms with Crippen LogP contribution in [0.4, 0.5) is 0 Å². The third-order valence-corrected chi connectivity index (χ3v) is 3.44. The summed E-state index contributed by atoms with van der Waals surface area (Å²) in [5.41, 5.74) is 0.760. The van der Waals surface area contributed by atoms with Gasteiger partial charge in [0.05, 0.1) is 6.42 Å². The Balaban J connectivity index is 2.14. The third kappa shape index (κ3) is 3.17. The summed E-state index contributed by atoms with van der Waals surface area (Å²) in [4.78, 5) is 36.7. The Kier molecular flexibility index (Phi) is 4.39. The number of carbonyl (C=O) groups is 3. The first-order valence-electron chi connectivity index (χ1n) is 6.39. The van der Waals surface area contributed by atoms with E-state index in [-0.39, 0.29) is 18.9 Å². The number of carbonyl (C=O) groups excluding carboxylic acids is 3. The molecule has 1 aliphatic rings. The Bertz CT molecular complexity index is 559. The number of halogens is 1. The lowest BCUT2D eigenvalue weighted by molar-refractivity contribution is -0.149. The zero-order valence-electron chi connectivity index (χ0n) is 11.1. The van der Waals surface area contributed by atoms with Gasteiger partial charge in [-0.1, -0.05) is 30.7 Å². The molecule has 1 heterocycles. The van der Waals surface area contributed by atoms with Crippen LogP contribution in [0.5, 0.6) is 0 Å². The van der Waals surface area contributed by atoms with Crippen molar-refractivity contribution in [2.24, 2.45) is 0 Å². The Hall–Kier alpha value is -1.88. The highest BCUT2D eigenvalue weighted by Gasteiger charge is 2.35. The van der Waals surface area contributed by atoms with E-state index >= 15 is 0 Å². The number of piperazine rings is 1. The van der Waals surface area contributed by atoms with E-state index in [0.717, 1.165) is 5.56 Å². The monoisotopic (exact) mass is 294 g/mol. The van der Waals surface area contributed by atoms with Gasteiger partial charge in [-0.05, 0) is 24.1 Å². The Morgan fingerprint density at radius 2 is 2.20 bits per heavy atom. The minimum absolute atomic E-state index is 0.0797. The Morgan fingerprint density at radius 3 is 2.85 bits per heavy atom. The van der Waals surface area contributed by atoms with Gasteiger partial charge in [0.1, 0.15) is 12.6 Å². The van der Waals surface area contributed by atoms with Gasteiger partial charge < -0.3 is 4.90 Å². The van der Waals surface area contributed by atoms with Gasteiger partial charge in [0.15, 0.2) is 0 Å². The number of benzene rings is 1. The SMILES string of the molecule is CCC1C(=O)NC(=O)CN1C(=O)Cc1cccc(Cl)c1. The summed E-state index contributed by atoms with van der Waals surface area (Å²) in [7, 11) is 0. The van der Waals surface area contributed by atoms with E-state index in [1.165, 1.54) is 4.90 Å². The van der Waals surface area contributed by atoms with Crippen LogP contribution in [-0.2, 0) is 20.8 Å². The van der Waals surface area contributed by atoms with Crippen LogP contribution in [-0.4, -0.2) is 35.2 Å². The van der Waals surface area contributed by atoms with E-state index in [2.05, 4.69) is 5.32 Å². The molecule has 2 rings (SSSR count). The largest absolute Gasteiger partial charge is 0.321 e. The Morgan fingerprint density at radius 1 is 1.45 bits per heavy atom. The second kappa shape index (κ2) is 6.05. The third-order valence-electron chi connectivity index (χ3n) is 3.21. The summed E-state index contributed by atoms with van der Waals surface area (Å²) in [6.07, 6.45) is 0.595. The average Bonchev–Trinajstić information content (AvgIpc) is 2.37.